The minimum absolute atomic E-state index is 0.0587. The molecule has 172 valence electrons. The first-order valence-electron chi connectivity index (χ1n) is 11.5. The molecule has 0 N–H and O–H groups in total. The Morgan fingerprint density at radius 2 is 1.56 bits per heavy atom. The van der Waals surface area contributed by atoms with Gasteiger partial charge in [-0.3, -0.25) is 4.79 Å². The molecule has 5 heteroatoms. The van der Waals surface area contributed by atoms with Crippen molar-refractivity contribution in [3.63, 3.8) is 0 Å². The van der Waals surface area contributed by atoms with Crippen LogP contribution in [-0.4, -0.2) is 36.1 Å². The third kappa shape index (κ3) is 3.94. The second-order valence-electron chi connectivity index (χ2n) is 8.54. The van der Waals surface area contributed by atoms with E-state index in [9.17, 15) is 4.79 Å². The summed E-state index contributed by atoms with van der Waals surface area (Å²) < 4.78 is 12.9. The SMILES string of the molecule is COc1ccc(-c2cc(C(=O)N3CCc4ccccc4C3)c(C)n2-c2cccc(OC)c2)cc1. The van der Waals surface area contributed by atoms with E-state index in [1.54, 1.807) is 14.2 Å². The molecule has 1 aliphatic heterocycles. The largest absolute Gasteiger partial charge is 0.497 e. The van der Waals surface area contributed by atoms with Crippen molar-refractivity contribution in [2.75, 3.05) is 20.8 Å². The second-order valence-corrected chi connectivity index (χ2v) is 8.54. The van der Waals surface area contributed by atoms with Crippen molar-refractivity contribution in [3.05, 3.63) is 101 Å². The van der Waals surface area contributed by atoms with Gasteiger partial charge in [-0.1, -0.05) is 30.3 Å². The fraction of sp³-hybridized carbons (Fsp3) is 0.207. The maximum atomic E-state index is 13.7. The lowest BCUT2D eigenvalue weighted by atomic mass is 9.99. The Balaban J connectivity index is 1.59. The van der Waals surface area contributed by atoms with E-state index in [1.165, 1.54) is 11.1 Å². The lowest BCUT2D eigenvalue weighted by Gasteiger charge is -2.29. The fourth-order valence-electron chi connectivity index (χ4n) is 4.72. The topological polar surface area (TPSA) is 43.7 Å². The summed E-state index contributed by atoms with van der Waals surface area (Å²) in [6.07, 6.45) is 0.878. The normalized spacial score (nSPS) is 12.9. The van der Waals surface area contributed by atoms with Crippen LogP contribution in [0.5, 0.6) is 11.5 Å². The maximum Gasteiger partial charge on any atom is 0.256 e. The molecule has 2 heterocycles. The predicted octanol–water partition coefficient (Wildman–Crippen LogP) is 5.67. The standard InChI is InChI=1S/C29H28N2O3/c1-20-27(29(32)30-16-15-21-7-4-5-8-23(21)19-30)18-28(22-11-13-25(33-2)14-12-22)31(20)24-9-6-10-26(17-24)34-3/h4-14,17-18H,15-16,19H2,1-3H3. The van der Waals surface area contributed by atoms with Crippen LogP contribution in [0.3, 0.4) is 0 Å². The number of aromatic nitrogens is 1. The minimum atomic E-state index is 0.0587. The summed E-state index contributed by atoms with van der Waals surface area (Å²) in [4.78, 5) is 15.7. The Labute approximate surface area is 200 Å². The number of rotatable bonds is 5. The Kier molecular flexibility index (Phi) is 5.84. The number of carbonyl (C=O) groups is 1. The molecule has 0 atom stereocenters. The van der Waals surface area contributed by atoms with E-state index >= 15 is 0 Å². The summed E-state index contributed by atoms with van der Waals surface area (Å²) in [5.74, 6) is 1.62. The van der Waals surface area contributed by atoms with Gasteiger partial charge in [0.05, 0.1) is 25.5 Å². The lowest BCUT2D eigenvalue weighted by molar-refractivity contribution is 0.0734. The molecular weight excluding hydrogens is 424 g/mol. The summed E-state index contributed by atoms with van der Waals surface area (Å²) >= 11 is 0. The van der Waals surface area contributed by atoms with Crippen molar-refractivity contribution in [1.82, 2.24) is 9.47 Å². The molecule has 4 aromatic rings. The molecule has 0 fully saturated rings. The molecule has 5 rings (SSSR count). The molecular formula is C29H28N2O3. The van der Waals surface area contributed by atoms with E-state index in [2.05, 4.69) is 22.8 Å². The van der Waals surface area contributed by atoms with Crippen molar-refractivity contribution in [1.29, 1.82) is 0 Å². The molecule has 0 spiro atoms. The van der Waals surface area contributed by atoms with E-state index in [4.69, 9.17) is 9.47 Å². The quantitative estimate of drug-likeness (QED) is 0.392. The van der Waals surface area contributed by atoms with E-state index in [0.717, 1.165) is 47.1 Å². The molecule has 1 amide bonds. The second kappa shape index (κ2) is 9.10. The highest BCUT2D eigenvalue weighted by Gasteiger charge is 2.26. The lowest BCUT2D eigenvalue weighted by Crippen LogP contribution is -2.36. The Bertz CT molecular complexity index is 1340. The van der Waals surface area contributed by atoms with Gasteiger partial charge < -0.3 is 18.9 Å². The molecule has 0 radical (unpaired) electrons. The van der Waals surface area contributed by atoms with Crippen LogP contribution in [0.25, 0.3) is 16.9 Å². The average Bonchev–Trinajstić information content (AvgIpc) is 3.24. The van der Waals surface area contributed by atoms with Crippen LogP contribution in [0.15, 0.2) is 78.9 Å². The van der Waals surface area contributed by atoms with Crippen molar-refractivity contribution in [2.45, 2.75) is 19.9 Å². The highest BCUT2D eigenvalue weighted by atomic mass is 16.5. The average molecular weight is 453 g/mol. The summed E-state index contributed by atoms with van der Waals surface area (Å²) in [6.45, 7) is 3.37. The summed E-state index contributed by atoms with van der Waals surface area (Å²) in [7, 11) is 3.32. The molecule has 0 saturated heterocycles. The van der Waals surface area contributed by atoms with Crippen LogP contribution in [0.2, 0.25) is 0 Å². The third-order valence-corrected chi connectivity index (χ3v) is 6.59. The van der Waals surface area contributed by atoms with Crippen molar-refractivity contribution in [2.24, 2.45) is 0 Å². The number of amides is 1. The van der Waals surface area contributed by atoms with Crippen LogP contribution in [0.4, 0.5) is 0 Å². The number of fused-ring (bicyclic) bond motifs is 1. The van der Waals surface area contributed by atoms with Gasteiger partial charge >= 0.3 is 0 Å². The molecule has 1 aliphatic rings. The molecule has 5 nitrogen and oxygen atoms in total. The third-order valence-electron chi connectivity index (χ3n) is 6.59. The van der Waals surface area contributed by atoms with Gasteiger partial charge in [-0.15, -0.1) is 0 Å². The smallest absolute Gasteiger partial charge is 0.256 e. The zero-order valence-corrected chi connectivity index (χ0v) is 19.7. The monoisotopic (exact) mass is 452 g/mol. The number of hydrogen-bond acceptors (Lipinski definition) is 3. The highest BCUT2D eigenvalue weighted by Crippen LogP contribution is 2.33. The van der Waals surface area contributed by atoms with Crippen molar-refractivity contribution < 1.29 is 14.3 Å². The van der Waals surface area contributed by atoms with Gasteiger partial charge in [0.15, 0.2) is 0 Å². The number of nitrogens with zero attached hydrogens (tertiary/aromatic N) is 2. The van der Waals surface area contributed by atoms with Gasteiger partial charge in [-0.05, 0) is 72.5 Å². The van der Waals surface area contributed by atoms with Crippen LogP contribution >= 0.6 is 0 Å². The molecule has 1 aromatic heterocycles. The molecule has 0 saturated carbocycles. The minimum Gasteiger partial charge on any atom is -0.497 e. The van der Waals surface area contributed by atoms with E-state index in [1.807, 2.05) is 72.5 Å². The first kappa shape index (κ1) is 21.8. The number of methoxy groups -OCH3 is 2. The van der Waals surface area contributed by atoms with Gasteiger partial charge in [0.2, 0.25) is 0 Å². The number of benzene rings is 3. The number of ether oxygens (including phenoxy) is 2. The van der Waals surface area contributed by atoms with Crippen molar-refractivity contribution >= 4 is 5.91 Å². The van der Waals surface area contributed by atoms with E-state index in [0.29, 0.717) is 12.1 Å². The molecule has 3 aromatic carbocycles. The molecule has 0 bridgehead atoms. The number of hydrogen-bond donors (Lipinski definition) is 0. The zero-order valence-electron chi connectivity index (χ0n) is 19.7. The van der Waals surface area contributed by atoms with Gasteiger partial charge in [0.1, 0.15) is 11.5 Å². The fourth-order valence-corrected chi connectivity index (χ4v) is 4.72. The summed E-state index contributed by atoms with van der Waals surface area (Å²) in [5.41, 5.74) is 7.09. The molecule has 0 unspecified atom stereocenters. The van der Waals surface area contributed by atoms with Crippen LogP contribution < -0.4 is 9.47 Å². The van der Waals surface area contributed by atoms with Gasteiger partial charge in [0.25, 0.3) is 5.91 Å². The zero-order chi connectivity index (χ0) is 23.7. The first-order chi connectivity index (χ1) is 16.6. The van der Waals surface area contributed by atoms with Gasteiger partial charge in [0, 0.05) is 30.5 Å². The maximum absolute atomic E-state index is 13.7. The first-order valence-corrected chi connectivity index (χ1v) is 11.5. The van der Waals surface area contributed by atoms with Gasteiger partial charge in [-0.25, -0.2) is 0 Å². The van der Waals surface area contributed by atoms with Crippen LogP contribution in [0, 0.1) is 6.92 Å². The molecule has 34 heavy (non-hydrogen) atoms. The Morgan fingerprint density at radius 1 is 0.824 bits per heavy atom. The van der Waals surface area contributed by atoms with Gasteiger partial charge in [-0.2, -0.15) is 0 Å². The van der Waals surface area contributed by atoms with E-state index in [-0.39, 0.29) is 5.91 Å². The van der Waals surface area contributed by atoms with Crippen LogP contribution in [-0.2, 0) is 13.0 Å². The van der Waals surface area contributed by atoms with Crippen molar-refractivity contribution in [3.8, 4) is 28.4 Å². The Morgan fingerprint density at radius 3 is 2.29 bits per heavy atom. The summed E-state index contributed by atoms with van der Waals surface area (Å²) in [5, 5.41) is 0. The summed E-state index contributed by atoms with van der Waals surface area (Å²) in [6, 6.07) is 26.2. The van der Waals surface area contributed by atoms with E-state index < -0.39 is 0 Å². The predicted molar refractivity (Wildman–Crippen MR) is 134 cm³/mol. The van der Waals surface area contributed by atoms with Crippen LogP contribution in [0.1, 0.15) is 27.2 Å². The molecule has 0 aliphatic carbocycles. The highest BCUT2D eigenvalue weighted by molar-refractivity contribution is 5.97. The number of carbonyl (C=O) groups excluding carboxylic acids is 1. The Hall–Kier alpha value is -3.99.